The average Bonchev–Trinajstić information content (AvgIpc) is 2.65. The molecule has 0 aliphatic carbocycles. The van der Waals surface area contributed by atoms with Gasteiger partial charge in [-0.2, -0.15) is 0 Å². The zero-order chi connectivity index (χ0) is 18.4. The molecule has 0 saturated carbocycles. The van der Waals surface area contributed by atoms with Crippen molar-refractivity contribution in [2.24, 2.45) is 0 Å². The van der Waals surface area contributed by atoms with E-state index in [0.29, 0.717) is 0 Å². The maximum atomic E-state index is 5.53. The molecule has 0 atom stereocenters. The summed E-state index contributed by atoms with van der Waals surface area (Å²) in [7, 11) is 1.75. The molecule has 1 heterocycles. The maximum Gasteiger partial charge on any atom is 0.127 e. The molecule has 0 bridgehead atoms. The summed E-state index contributed by atoms with van der Waals surface area (Å²) < 4.78 is 12.2. The fraction of sp³-hybridized carbons (Fsp3) is 0.429. The van der Waals surface area contributed by atoms with E-state index in [1.165, 1.54) is 37.3 Å². The number of nitrogens with one attached hydrogen (secondary N) is 2. The molecule has 2 aromatic rings. The van der Waals surface area contributed by atoms with Crippen molar-refractivity contribution >= 4 is 15.9 Å². The van der Waals surface area contributed by atoms with Crippen molar-refractivity contribution in [3.8, 4) is 11.5 Å². The molecule has 0 aromatic heterocycles. The summed E-state index contributed by atoms with van der Waals surface area (Å²) in [6.07, 6.45) is 0. The van der Waals surface area contributed by atoms with Crippen LogP contribution in [0.3, 0.4) is 0 Å². The smallest absolute Gasteiger partial charge is 0.127 e. The highest BCUT2D eigenvalue weighted by Gasteiger charge is 2.24. The van der Waals surface area contributed by atoms with Crippen LogP contribution in [0.4, 0.5) is 0 Å². The van der Waals surface area contributed by atoms with Crippen LogP contribution in [-0.4, -0.2) is 39.9 Å². The van der Waals surface area contributed by atoms with Gasteiger partial charge in [0.1, 0.15) is 50.8 Å². The van der Waals surface area contributed by atoms with Gasteiger partial charge in [-0.15, -0.1) is 0 Å². The van der Waals surface area contributed by atoms with Crippen molar-refractivity contribution in [1.29, 1.82) is 0 Å². The molecule has 2 N–H and O–H groups in total. The zero-order valence-corrected chi connectivity index (χ0v) is 17.3. The Kier molecular flexibility index (Phi) is 6.94. The van der Waals surface area contributed by atoms with Gasteiger partial charge in [-0.1, -0.05) is 15.9 Å². The number of rotatable bonds is 7. The minimum Gasteiger partial charge on any atom is -0.496 e. The molecule has 140 valence electrons. The predicted octanol–water partition coefficient (Wildman–Crippen LogP) is 1.34. The first-order valence-electron chi connectivity index (χ1n) is 9.39. The summed E-state index contributed by atoms with van der Waals surface area (Å²) in [6, 6.07) is 14.8. The van der Waals surface area contributed by atoms with Gasteiger partial charge in [-0.25, -0.2) is 0 Å². The number of ether oxygens (including phenoxy) is 2. The number of halogens is 1. The first-order chi connectivity index (χ1) is 12.7. The standard InChI is InChI=1S/C21H27BrN2O2/c1-3-26-20-7-4-17(5-8-20)15-23-10-12-24(13-11-23)16-18-14-19(22)6-9-21(18)25-2/h4-9,14H,3,10-13,15-16H2,1-2H3/p+2. The lowest BCUT2D eigenvalue weighted by Gasteiger charge is -2.30. The van der Waals surface area contributed by atoms with Gasteiger partial charge in [0.05, 0.1) is 13.7 Å². The molecular weight excluding hydrogens is 392 g/mol. The average molecular weight is 421 g/mol. The third-order valence-electron chi connectivity index (χ3n) is 5.04. The Balaban J connectivity index is 1.50. The molecule has 3 rings (SSSR count). The molecule has 0 amide bonds. The summed E-state index contributed by atoms with van der Waals surface area (Å²) in [5, 5.41) is 0. The van der Waals surface area contributed by atoms with Crippen LogP contribution in [0.2, 0.25) is 0 Å². The van der Waals surface area contributed by atoms with Gasteiger partial charge >= 0.3 is 0 Å². The Morgan fingerprint density at radius 1 is 0.923 bits per heavy atom. The van der Waals surface area contributed by atoms with Crippen molar-refractivity contribution in [1.82, 2.24) is 0 Å². The fourth-order valence-electron chi connectivity index (χ4n) is 3.62. The van der Waals surface area contributed by atoms with Crippen LogP contribution >= 0.6 is 15.9 Å². The summed E-state index contributed by atoms with van der Waals surface area (Å²) in [4.78, 5) is 3.30. The summed E-state index contributed by atoms with van der Waals surface area (Å²) in [5.41, 5.74) is 2.67. The first-order valence-corrected chi connectivity index (χ1v) is 10.2. The Bertz CT molecular complexity index is 698. The highest BCUT2D eigenvalue weighted by Crippen LogP contribution is 2.22. The van der Waals surface area contributed by atoms with Crippen LogP contribution in [-0.2, 0) is 13.1 Å². The molecule has 1 saturated heterocycles. The second kappa shape index (κ2) is 9.40. The molecule has 5 heteroatoms. The van der Waals surface area contributed by atoms with Crippen molar-refractivity contribution in [2.45, 2.75) is 20.0 Å². The van der Waals surface area contributed by atoms with Gasteiger partial charge in [0.2, 0.25) is 0 Å². The van der Waals surface area contributed by atoms with E-state index in [0.717, 1.165) is 35.7 Å². The molecule has 26 heavy (non-hydrogen) atoms. The van der Waals surface area contributed by atoms with Gasteiger partial charge in [0, 0.05) is 15.6 Å². The van der Waals surface area contributed by atoms with E-state index in [2.05, 4.69) is 46.3 Å². The topological polar surface area (TPSA) is 27.3 Å². The Labute approximate surface area is 164 Å². The van der Waals surface area contributed by atoms with E-state index < -0.39 is 0 Å². The molecule has 1 fully saturated rings. The highest BCUT2D eigenvalue weighted by molar-refractivity contribution is 9.10. The number of methoxy groups -OCH3 is 1. The maximum absolute atomic E-state index is 5.53. The van der Waals surface area contributed by atoms with Crippen LogP contribution in [0, 0.1) is 0 Å². The van der Waals surface area contributed by atoms with E-state index in [1.807, 2.05) is 19.1 Å². The van der Waals surface area contributed by atoms with E-state index >= 15 is 0 Å². The Morgan fingerprint density at radius 3 is 2.19 bits per heavy atom. The Morgan fingerprint density at radius 2 is 1.58 bits per heavy atom. The lowest BCUT2D eigenvalue weighted by molar-refractivity contribution is -1.02. The third-order valence-corrected chi connectivity index (χ3v) is 5.53. The minimum absolute atomic E-state index is 0.720. The van der Waals surface area contributed by atoms with Crippen LogP contribution in [0.1, 0.15) is 18.1 Å². The minimum atomic E-state index is 0.720. The molecule has 1 aliphatic heterocycles. The molecule has 1 aliphatic rings. The number of hydrogen-bond acceptors (Lipinski definition) is 2. The number of hydrogen-bond donors (Lipinski definition) is 2. The van der Waals surface area contributed by atoms with Crippen molar-refractivity contribution in [3.63, 3.8) is 0 Å². The number of piperazine rings is 1. The van der Waals surface area contributed by atoms with Crippen LogP contribution in [0.15, 0.2) is 46.9 Å². The SMILES string of the molecule is CCOc1ccc(C[NH+]2CC[NH+](Cc3cc(Br)ccc3OC)CC2)cc1. The Hall–Kier alpha value is -1.56. The molecule has 2 aromatic carbocycles. The summed E-state index contributed by atoms with van der Waals surface area (Å²) >= 11 is 3.57. The van der Waals surface area contributed by atoms with Gasteiger partial charge in [-0.3, -0.25) is 0 Å². The van der Waals surface area contributed by atoms with Crippen molar-refractivity contribution < 1.29 is 19.3 Å². The quantitative estimate of drug-likeness (QED) is 0.706. The lowest BCUT2D eigenvalue weighted by atomic mass is 10.1. The predicted molar refractivity (Wildman–Crippen MR) is 107 cm³/mol. The van der Waals surface area contributed by atoms with Crippen LogP contribution in [0.5, 0.6) is 11.5 Å². The largest absolute Gasteiger partial charge is 0.496 e. The molecule has 4 nitrogen and oxygen atoms in total. The summed E-state index contributed by atoms with van der Waals surface area (Å²) in [6.45, 7) is 9.67. The fourth-order valence-corrected chi connectivity index (χ4v) is 4.03. The molecule has 0 radical (unpaired) electrons. The van der Waals surface area contributed by atoms with E-state index in [1.54, 1.807) is 16.9 Å². The highest BCUT2D eigenvalue weighted by atomic mass is 79.9. The second-order valence-electron chi connectivity index (χ2n) is 6.89. The van der Waals surface area contributed by atoms with Gasteiger partial charge < -0.3 is 19.3 Å². The summed E-state index contributed by atoms with van der Waals surface area (Å²) in [5.74, 6) is 1.95. The van der Waals surface area contributed by atoms with Gasteiger partial charge in [0.25, 0.3) is 0 Å². The van der Waals surface area contributed by atoms with Crippen molar-refractivity contribution in [2.75, 3.05) is 39.9 Å². The first kappa shape index (κ1) is 19.2. The molecular formula is C21H29BrN2O2+2. The second-order valence-corrected chi connectivity index (χ2v) is 7.80. The molecule has 0 unspecified atom stereocenters. The van der Waals surface area contributed by atoms with E-state index in [-0.39, 0.29) is 0 Å². The normalized spacial score (nSPS) is 20.0. The van der Waals surface area contributed by atoms with Gasteiger partial charge in [-0.05, 0) is 49.4 Å². The van der Waals surface area contributed by atoms with Crippen LogP contribution < -0.4 is 19.3 Å². The van der Waals surface area contributed by atoms with Crippen molar-refractivity contribution in [3.05, 3.63) is 58.1 Å². The third kappa shape index (κ3) is 5.22. The molecule has 0 spiro atoms. The number of benzene rings is 2. The zero-order valence-electron chi connectivity index (χ0n) is 15.7. The number of quaternary nitrogens is 2. The van der Waals surface area contributed by atoms with Crippen LogP contribution in [0.25, 0.3) is 0 Å². The van der Waals surface area contributed by atoms with Gasteiger partial charge in [0.15, 0.2) is 0 Å². The monoisotopic (exact) mass is 420 g/mol. The van der Waals surface area contributed by atoms with E-state index in [9.17, 15) is 0 Å². The van der Waals surface area contributed by atoms with E-state index in [4.69, 9.17) is 9.47 Å². The lowest BCUT2D eigenvalue weighted by Crippen LogP contribution is -3.27.